The van der Waals surface area contributed by atoms with Crippen molar-refractivity contribution in [2.45, 2.75) is 31.5 Å². The van der Waals surface area contributed by atoms with Gasteiger partial charge in [-0.15, -0.1) is 0 Å². The molecular weight excluding hydrogens is 344 g/mol. The van der Waals surface area contributed by atoms with Crippen LogP contribution in [-0.4, -0.2) is 64.4 Å². The number of aromatic nitrogens is 4. The van der Waals surface area contributed by atoms with E-state index < -0.39 is 39.0 Å². The summed E-state index contributed by atoms with van der Waals surface area (Å²) in [5.41, 5.74) is 6.35. The van der Waals surface area contributed by atoms with Crippen LogP contribution in [0.5, 0.6) is 0 Å². The molecule has 0 aliphatic carbocycles. The molecule has 0 amide bonds. The molecule has 2 aromatic heterocycles. The Bertz CT molecular complexity index is 807. The zero-order chi connectivity index (χ0) is 17.6. The molecule has 0 unspecified atom stereocenters. The minimum absolute atomic E-state index is 0.149. The van der Waals surface area contributed by atoms with E-state index in [-0.39, 0.29) is 5.82 Å². The number of rotatable bonds is 4. The normalized spacial score (nSPS) is 27.9. The number of phosphoric acid groups is 1. The number of hydrogen-bond acceptors (Lipinski definition) is 9. The maximum absolute atomic E-state index is 10.8. The lowest BCUT2D eigenvalue weighted by atomic mass is 10.1. The molecule has 0 aromatic carbocycles. The lowest BCUT2D eigenvalue weighted by Gasteiger charge is -2.18. The summed E-state index contributed by atoms with van der Waals surface area (Å²) in [6.45, 7) is 1.03. The molecule has 0 spiro atoms. The molecule has 1 aliphatic rings. The Balaban J connectivity index is 1.92. The Morgan fingerprint density at radius 2 is 2.08 bits per heavy atom. The number of nitrogens with zero attached hydrogens (tertiary/aromatic N) is 4. The number of hydrogen-bond donors (Lipinski definition) is 5. The van der Waals surface area contributed by atoms with Crippen LogP contribution in [0.2, 0.25) is 0 Å². The summed E-state index contributed by atoms with van der Waals surface area (Å²) in [4.78, 5) is 29.6. The van der Waals surface area contributed by atoms with Gasteiger partial charge in [-0.25, -0.2) is 19.5 Å². The maximum Gasteiger partial charge on any atom is 0.469 e. The van der Waals surface area contributed by atoms with Crippen LogP contribution in [0.3, 0.4) is 0 Å². The zero-order valence-electron chi connectivity index (χ0n) is 12.4. The molecule has 24 heavy (non-hydrogen) atoms. The predicted octanol–water partition coefficient (Wildman–Crippen LogP) is -1.55. The third-order valence-electron chi connectivity index (χ3n) is 3.68. The van der Waals surface area contributed by atoms with E-state index in [9.17, 15) is 14.8 Å². The van der Waals surface area contributed by atoms with Crippen molar-refractivity contribution in [3.05, 3.63) is 12.2 Å². The molecule has 132 valence electrons. The van der Waals surface area contributed by atoms with Gasteiger partial charge >= 0.3 is 7.82 Å². The molecule has 13 heteroatoms. The Morgan fingerprint density at radius 3 is 2.75 bits per heavy atom. The van der Waals surface area contributed by atoms with Crippen LogP contribution in [0.15, 0.2) is 6.33 Å². The molecular formula is C11H16N5O7P. The molecule has 12 nitrogen and oxygen atoms in total. The Kier molecular flexibility index (Phi) is 4.30. The highest BCUT2D eigenvalue weighted by Gasteiger charge is 2.45. The number of ether oxygens (including phenoxy) is 1. The summed E-state index contributed by atoms with van der Waals surface area (Å²) in [6, 6.07) is 0. The molecule has 1 saturated heterocycles. The standard InChI is InChI=1S/C11H16N5O7P/c1-4-15-6-9(12)13-3-14-10(6)16(4)11-8(18)7(17)5(23-11)2-22-24(19,20)21/h3,5,7-8,11,17-18H,2H2,1H3,(H2,12,13,14)(H2,19,20,21)/t5-,7-,8-,11-/m1/s1/i1-1. The van der Waals surface area contributed by atoms with E-state index in [2.05, 4.69) is 19.5 Å². The lowest BCUT2D eigenvalue weighted by molar-refractivity contribution is -0.0512. The molecule has 3 heterocycles. The van der Waals surface area contributed by atoms with E-state index in [1.54, 1.807) is 6.92 Å². The quantitative estimate of drug-likeness (QED) is 0.397. The topological polar surface area (TPSA) is 186 Å². The molecule has 4 atom stereocenters. The molecule has 6 N–H and O–H groups in total. The van der Waals surface area contributed by atoms with Crippen LogP contribution in [0.1, 0.15) is 12.1 Å². The van der Waals surface area contributed by atoms with Gasteiger partial charge in [0.2, 0.25) is 0 Å². The number of aryl methyl sites for hydroxylation is 1. The number of nitrogen functional groups attached to an aromatic ring is 1. The Morgan fingerprint density at radius 1 is 1.38 bits per heavy atom. The minimum atomic E-state index is -4.73. The van der Waals surface area contributed by atoms with Gasteiger partial charge in [-0.3, -0.25) is 9.09 Å². The Hall–Kier alpha value is -1.66. The molecule has 0 saturated carbocycles. The second-order valence-corrected chi connectivity index (χ2v) is 6.53. The third kappa shape index (κ3) is 3.00. The summed E-state index contributed by atoms with van der Waals surface area (Å²) in [5.74, 6) is 0.557. The first-order valence-electron chi connectivity index (χ1n) is 6.85. The monoisotopic (exact) mass is 360 g/mol. The molecule has 1 aliphatic heterocycles. The van der Waals surface area contributed by atoms with Crippen molar-refractivity contribution in [2.75, 3.05) is 12.3 Å². The van der Waals surface area contributed by atoms with Gasteiger partial charge in [0.1, 0.15) is 30.5 Å². The van der Waals surface area contributed by atoms with Crippen LogP contribution in [0.4, 0.5) is 5.82 Å². The van der Waals surface area contributed by atoms with Crippen molar-refractivity contribution in [1.29, 1.82) is 0 Å². The van der Waals surface area contributed by atoms with Gasteiger partial charge < -0.3 is 30.5 Å². The second-order valence-electron chi connectivity index (χ2n) is 5.29. The molecule has 1 fully saturated rings. The number of aliphatic hydroxyl groups excluding tert-OH is 2. The fourth-order valence-electron chi connectivity index (χ4n) is 2.59. The van der Waals surface area contributed by atoms with Gasteiger partial charge in [0, 0.05) is 0 Å². The highest BCUT2D eigenvalue weighted by molar-refractivity contribution is 7.46. The average Bonchev–Trinajstić information content (AvgIpc) is 2.96. The number of nitrogens with two attached hydrogens (primary N) is 1. The van der Waals surface area contributed by atoms with Crippen LogP contribution >= 0.6 is 7.82 Å². The highest BCUT2D eigenvalue weighted by Crippen LogP contribution is 2.39. The van der Waals surface area contributed by atoms with Crippen molar-refractivity contribution in [2.24, 2.45) is 0 Å². The van der Waals surface area contributed by atoms with E-state index in [4.69, 9.17) is 20.3 Å². The van der Waals surface area contributed by atoms with Gasteiger partial charge in [-0.05, 0) is 6.92 Å². The largest absolute Gasteiger partial charge is 0.469 e. The average molecular weight is 360 g/mol. The van der Waals surface area contributed by atoms with Crippen LogP contribution < -0.4 is 5.73 Å². The number of phosphoric ester groups is 1. The van der Waals surface area contributed by atoms with E-state index in [1.165, 1.54) is 10.9 Å². The second kappa shape index (κ2) is 6.01. The SMILES string of the molecule is [11CH3]c1nc2c(N)ncnc2n1[C@@H]1O[C@H](COP(=O)(O)O)[C@@H](O)[C@H]1O. The first-order valence-corrected chi connectivity index (χ1v) is 8.39. The molecule has 0 bridgehead atoms. The van der Waals surface area contributed by atoms with Crippen LogP contribution in [0, 0.1) is 6.92 Å². The van der Waals surface area contributed by atoms with E-state index >= 15 is 0 Å². The smallest absolute Gasteiger partial charge is 0.387 e. The van der Waals surface area contributed by atoms with E-state index in [0.29, 0.717) is 17.0 Å². The lowest BCUT2D eigenvalue weighted by Crippen LogP contribution is -2.33. The summed E-state index contributed by atoms with van der Waals surface area (Å²) < 4.78 is 22.1. The maximum atomic E-state index is 10.8. The minimum Gasteiger partial charge on any atom is -0.387 e. The summed E-state index contributed by atoms with van der Waals surface area (Å²) in [6.07, 6.45) is -3.81. The predicted molar refractivity (Wildman–Crippen MR) is 78.4 cm³/mol. The van der Waals surface area contributed by atoms with Gasteiger partial charge in [-0.2, -0.15) is 0 Å². The summed E-state index contributed by atoms with van der Waals surface area (Å²) >= 11 is 0. The number of imidazole rings is 1. The van der Waals surface area contributed by atoms with Crippen molar-refractivity contribution in [3.63, 3.8) is 0 Å². The van der Waals surface area contributed by atoms with Gasteiger partial charge in [0.25, 0.3) is 0 Å². The van der Waals surface area contributed by atoms with Crippen molar-refractivity contribution in [3.8, 4) is 0 Å². The first kappa shape index (κ1) is 17.2. The van der Waals surface area contributed by atoms with Gasteiger partial charge in [-0.1, -0.05) is 0 Å². The first-order chi connectivity index (χ1) is 11.2. The fourth-order valence-corrected chi connectivity index (χ4v) is 2.93. The van der Waals surface area contributed by atoms with Gasteiger partial charge in [0.05, 0.1) is 6.61 Å². The summed E-state index contributed by atoms with van der Waals surface area (Å²) in [7, 11) is -4.73. The zero-order valence-corrected chi connectivity index (χ0v) is 13.3. The molecule has 3 rings (SSSR count). The van der Waals surface area contributed by atoms with E-state index in [0.717, 1.165) is 0 Å². The number of fused-ring (bicyclic) bond motifs is 1. The number of anilines is 1. The van der Waals surface area contributed by atoms with Crippen molar-refractivity contribution < 1.29 is 33.8 Å². The Labute approximate surface area is 135 Å². The van der Waals surface area contributed by atoms with Gasteiger partial charge in [0.15, 0.2) is 23.2 Å². The molecule has 2 aromatic rings. The third-order valence-corrected chi connectivity index (χ3v) is 4.17. The summed E-state index contributed by atoms with van der Waals surface area (Å²) in [5, 5.41) is 20.3. The number of aliphatic hydroxyl groups is 2. The van der Waals surface area contributed by atoms with Crippen molar-refractivity contribution in [1.82, 2.24) is 19.5 Å². The van der Waals surface area contributed by atoms with Crippen molar-refractivity contribution >= 4 is 24.8 Å². The fraction of sp³-hybridized carbons (Fsp3) is 0.545. The van der Waals surface area contributed by atoms with E-state index in [1.807, 2.05) is 0 Å². The highest BCUT2D eigenvalue weighted by atomic mass is 31.2. The van der Waals surface area contributed by atoms with Crippen LogP contribution in [-0.2, 0) is 13.8 Å². The van der Waals surface area contributed by atoms with Crippen LogP contribution in [0.25, 0.3) is 11.2 Å². The molecule has 0 radical (unpaired) electrons.